The average molecular weight is 1270 g/mol. The van der Waals surface area contributed by atoms with E-state index in [-0.39, 0.29) is 91.0 Å². The third-order valence-corrected chi connectivity index (χ3v) is 17.5. The van der Waals surface area contributed by atoms with Crippen LogP contribution in [0.25, 0.3) is 22.3 Å². The molecule has 1 aromatic carbocycles. The van der Waals surface area contributed by atoms with Gasteiger partial charge in [-0.05, 0) is 55.7 Å². The summed E-state index contributed by atoms with van der Waals surface area (Å²) in [5.41, 5.74) is 18.6. The zero-order valence-corrected chi connectivity index (χ0v) is 49.3. The number of benzene rings is 1. The van der Waals surface area contributed by atoms with Crippen molar-refractivity contribution < 1.29 is 79.3 Å². The molecule has 5 aromatic rings. The number of urea groups is 1. The number of fused-ring (bicyclic) bond motifs is 4. The number of hydrogen-bond donors (Lipinski definition) is 10. The maximum atomic E-state index is 16.5. The van der Waals surface area contributed by atoms with Crippen molar-refractivity contribution in [2.75, 3.05) is 36.5 Å². The molecular formula is C48H63FN16O16P2S2. The van der Waals surface area contributed by atoms with Gasteiger partial charge in [-0.3, -0.25) is 46.4 Å². The summed E-state index contributed by atoms with van der Waals surface area (Å²) in [5, 5.41) is 13.4. The number of amides is 6. The van der Waals surface area contributed by atoms with Gasteiger partial charge in [-0.25, -0.2) is 53.0 Å². The highest BCUT2D eigenvalue weighted by Crippen LogP contribution is 2.61. The monoisotopic (exact) mass is 1260 g/mol. The fourth-order valence-corrected chi connectivity index (χ4v) is 13.0. The Morgan fingerprint density at radius 1 is 0.812 bits per heavy atom. The SMILES string of the molecule is CCC(=O)N[C@H](C(=O)N[C@@H](CCCNC(N)=O)C(=O)Nc1ccc(COC(=O)N[C@@H]2CC[C@@H](C(=O)O[C@@H]3[C@@H]4O[P@](=O)(S)OCC5O[C@@H](n6cnc7c(N)ncnc76)[C@H](F)[C@@H]5O[P@](=O)(S)OCC4O[C@H]3n3cnc4c(N)ncnc43)C2)cc1)C(C)C. The van der Waals surface area contributed by atoms with E-state index in [9.17, 15) is 37.9 Å². The number of primary amides is 1. The summed E-state index contributed by atoms with van der Waals surface area (Å²) >= 11 is 8.41. The second-order valence-corrected chi connectivity index (χ2v) is 26.3. The van der Waals surface area contributed by atoms with Crippen LogP contribution in [0.4, 0.5) is 31.3 Å². The van der Waals surface area contributed by atoms with Crippen LogP contribution in [0.3, 0.4) is 0 Å². The number of carbonyl (C=O) groups is 6. The fraction of sp³-hybridized carbons (Fsp3) is 0.542. The number of rotatable bonds is 18. The zero-order chi connectivity index (χ0) is 60.9. The Labute approximate surface area is 493 Å². The Hall–Kier alpha value is -6.81. The Morgan fingerprint density at radius 2 is 1.41 bits per heavy atom. The number of nitrogens with one attached hydrogen (secondary N) is 5. The van der Waals surface area contributed by atoms with Gasteiger partial charge in [0.05, 0.1) is 31.8 Å². The normalized spacial score (nSPS) is 28.5. The molecule has 0 bridgehead atoms. The number of nitrogen functional groups attached to an aromatic ring is 2. The van der Waals surface area contributed by atoms with Gasteiger partial charge in [0.15, 0.2) is 47.7 Å². The first-order chi connectivity index (χ1) is 40.5. The minimum atomic E-state index is -4.61. The first-order valence-corrected chi connectivity index (χ1v) is 32.2. The van der Waals surface area contributed by atoms with Crippen molar-refractivity contribution in [1.29, 1.82) is 0 Å². The van der Waals surface area contributed by atoms with E-state index in [1.165, 1.54) is 21.8 Å². The maximum absolute atomic E-state index is 16.5. The van der Waals surface area contributed by atoms with Gasteiger partial charge in [0.2, 0.25) is 17.7 Å². The molecule has 2 unspecified atom stereocenters. The summed E-state index contributed by atoms with van der Waals surface area (Å²) < 4.78 is 94.7. The third-order valence-electron chi connectivity index (χ3n) is 14.3. The summed E-state index contributed by atoms with van der Waals surface area (Å²) in [4.78, 5) is 102. The minimum absolute atomic E-state index is 0.00125. The van der Waals surface area contributed by atoms with Gasteiger partial charge in [0, 0.05) is 24.7 Å². The van der Waals surface area contributed by atoms with E-state index >= 15 is 4.39 Å². The van der Waals surface area contributed by atoms with Crippen molar-refractivity contribution in [1.82, 2.24) is 60.3 Å². The summed E-state index contributed by atoms with van der Waals surface area (Å²) in [6.45, 7) is -5.50. The Kier molecular flexibility index (Phi) is 19.8. The summed E-state index contributed by atoms with van der Waals surface area (Å²) in [7, 11) is 0. The van der Waals surface area contributed by atoms with Crippen molar-refractivity contribution >= 4 is 114 Å². The summed E-state index contributed by atoms with van der Waals surface area (Å²) in [6, 6.07) is 3.08. The molecular weight excluding hydrogens is 1200 g/mol. The molecule has 1 aliphatic carbocycles. The molecule has 4 aromatic heterocycles. The second-order valence-electron chi connectivity index (χ2n) is 20.6. The molecule has 3 saturated heterocycles. The first kappa shape index (κ1) is 62.7. The van der Waals surface area contributed by atoms with E-state index in [4.69, 9.17) is 54.2 Å². The van der Waals surface area contributed by atoms with Crippen molar-refractivity contribution in [3.63, 3.8) is 0 Å². The largest absolute Gasteiger partial charge is 0.454 e. The summed E-state index contributed by atoms with van der Waals surface area (Å²) in [5.74, 6) is -3.36. The van der Waals surface area contributed by atoms with Gasteiger partial charge in [0.1, 0.15) is 66.8 Å². The minimum Gasteiger partial charge on any atom is -0.454 e. The number of aromatic nitrogens is 8. The first-order valence-electron chi connectivity index (χ1n) is 26.8. The lowest BCUT2D eigenvalue weighted by Crippen LogP contribution is -2.54. The molecule has 6 amide bonds. The van der Waals surface area contributed by atoms with Crippen molar-refractivity contribution in [2.24, 2.45) is 17.6 Å². The standard InChI is InChI=1S/C48H63FN16O16P2S2/c1-4-30(66)63-32(22(2)3)43(68)62-27(6-5-13-53-47(52)70)42(67)60-25-10-7-23(8-11-25)15-74-48(71)61-26-12-9-24(14-26)46(69)79-37-36-29(78-45(37)65-21-59-34-39(51)55-19-57-41(34)65)17-76-82(72,84)80-35-28(16-75-83(73,85)81-36)77-44(31(35)49)64-20-58-33-38(50)54-18-56-40(33)64/h7-8,10-11,18-22,24,26-29,31-32,35-37,44-45H,4-6,9,12-17H2,1-3H3,(H,60,67)(H,61,71)(H,62,68)(H,63,66)(H,72,84)(H,73,85)(H2,50,54,56)(H2,51,55,57)(H3,52,53,70)/t24-,26-,27+,28?,29?,31-,32+,35-,36-,37-,44-,45-,82-,83-/m1/s1. The molecule has 14 atom stereocenters. The molecule has 7 heterocycles. The number of esters is 1. The van der Waals surface area contributed by atoms with Crippen molar-refractivity contribution in [3.05, 3.63) is 55.1 Å². The van der Waals surface area contributed by atoms with Crippen LogP contribution >= 0.6 is 38.1 Å². The van der Waals surface area contributed by atoms with E-state index in [0.29, 0.717) is 17.7 Å². The van der Waals surface area contributed by atoms with Crippen LogP contribution in [0.2, 0.25) is 0 Å². The highest BCUT2D eigenvalue weighted by Gasteiger charge is 2.56. The number of nitrogens with zero attached hydrogens (tertiary/aromatic N) is 8. The second kappa shape index (κ2) is 26.8. The van der Waals surface area contributed by atoms with E-state index in [1.54, 1.807) is 45.0 Å². The number of imidazole rings is 2. The van der Waals surface area contributed by atoms with Crippen LogP contribution in [-0.4, -0.2) is 149 Å². The number of hydrogen-bond acceptors (Lipinski definition) is 24. The van der Waals surface area contributed by atoms with Crippen LogP contribution in [0.15, 0.2) is 49.6 Å². The highest BCUT2D eigenvalue weighted by atomic mass is 32.7. The zero-order valence-electron chi connectivity index (χ0n) is 45.7. The third kappa shape index (κ3) is 15.1. The molecule has 3 aliphatic heterocycles. The highest BCUT2D eigenvalue weighted by molar-refractivity contribution is 8.44. The number of ether oxygens (including phenoxy) is 4. The number of nitrogens with two attached hydrogens (primary N) is 3. The lowest BCUT2D eigenvalue weighted by molar-refractivity contribution is -0.162. The molecule has 1 saturated carbocycles. The van der Waals surface area contributed by atoms with E-state index in [0.717, 1.165) is 12.7 Å². The van der Waals surface area contributed by atoms with Crippen molar-refractivity contribution in [2.45, 2.75) is 133 Å². The smallest absolute Gasteiger partial charge is 0.407 e. The molecule has 11 N–H and O–H groups in total. The molecule has 0 spiro atoms. The van der Waals surface area contributed by atoms with Crippen molar-refractivity contribution in [3.8, 4) is 0 Å². The van der Waals surface area contributed by atoms with Crippen LogP contribution in [0.1, 0.15) is 77.3 Å². The number of anilines is 3. The van der Waals surface area contributed by atoms with Gasteiger partial charge in [-0.2, -0.15) is 0 Å². The van der Waals surface area contributed by atoms with Gasteiger partial charge < -0.3 is 62.7 Å². The predicted molar refractivity (Wildman–Crippen MR) is 302 cm³/mol. The molecule has 460 valence electrons. The van der Waals surface area contributed by atoms with Crippen LogP contribution in [-0.2, 0) is 72.0 Å². The molecule has 4 aliphatic rings. The summed E-state index contributed by atoms with van der Waals surface area (Å²) in [6.07, 6.45) is -7.54. The van der Waals surface area contributed by atoms with Gasteiger partial charge >= 0.3 is 31.7 Å². The lowest BCUT2D eigenvalue weighted by Gasteiger charge is -2.29. The van der Waals surface area contributed by atoms with E-state index < -0.39 is 130 Å². The predicted octanol–water partition coefficient (Wildman–Crippen LogP) is 3.29. The number of halogens is 1. The molecule has 4 fully saturated rings. The fourth-order valence-electron chi connectivity index (χ4n) is 10.00. The average Bonchev–Trinajstić information content (AvgIpc) is 4.51. The van der Waals surface area contributed by atoms with Gasteiger partial charge in [0.25, 0.3) is 0 Å². The van der Waals surface area contributed by atoms with Crippen LogP contribution in [0.5, 0.6) is 0 Å². The molecule has 9 rings (SSSR count). The van der Waals surface area contributed by atoms with E-state index in [1.807, 2.05) is 0 Å². The molecule has 32 nitrogen and oxygen atoms in total. The van der Waals surface area contributed by atoms with Gasteiger partial charge in [-0.1, -0.05) is 57.4 Å². The topological polar surface area (TPSA) is 436 Å². The maximum Gasteiger partial charge on any atom is 0.407 e. The molecule has 85 heavy (non-hydrogen) atoms. The van der Waals surface area contributed by atoms with E-state index in [2.05, 4.69) is 81.0 Å². The number of thiol groups is 2. The number of carbonyl (C=O) groups excluding carboxylic acids is 6. The van der Waals surface area contributed by atoms with Crippen LogP contribution in [0, 0.1) is 11.8 Å². The number of alkyl halides is 1. The van der Waals surface area contributed by atoms with Gasteiger partial charge in [-0.15, -0.1) is 0 Å². The molecule has 0 radical (unpaired) electrons. The Morgan fingerprint density at radius 3 is 2.02 bits per heavy atom. The molecule has 37 heteroatoms. The van der Waals surface area contributed by atoms with Crippen LogP contribution < -0.4 is 43.8 Å². The quantitative estimate of drug-likeness (QED) is 0.0260. The Balaban J connectivity index is 0.833. The number of alkyl carbamates (subject to hydrolysis) is 1. The Bertz CT molecular complexity index is 3390. The lowest BCUT2D eigenvalue weighted by atomic mass is 10.0.